The topological polar surface area (TPSA) is 20.3 Å². The van der Waals surface area contributed by atoms with Crippen molar-refractivity contribution in [3.63, 3.8) is 0 Å². The van der Waals surface area contributed by atoms with Crippen LogP contribution in [-0.4, -0.2) is 24.9 Å². The van der Waals surface area contributed by atoms with Gasteiger partial charge in [0.05, 0.1) is 0 Å². The van der Waals surface area contributed by atoms with Crippen LogP contribution in [0.15, 0.2) is 54.6 Å². The molecule has 0 fully saturated rings. The van der Waals surface area contributed by atoms with Gasteiger partial charge < -0.3 is 4.90 Å². The molecule has 2 heteroatoms. The molecule has 0 saturated heterocycles. The van der Waals surface area contributed by atoms with Crippen LogP contribution in [0.25, 0.3) is 0 Å². The van der Waals surface area contributed by atoms with Crippen molar-refractivity contribution in [1.82, 2.24) is 4.90 Å². The molecule has 20 heavy (non-hydrogen) atoms. The van der Waals surface area contributed by atoms with Crippen LogP contribution in [0, 0.1) is 0 Å². The van der Waals surface area contributed by atoms with Gasteiger partial charge in [-0.15, -0.1) is 0 Å². The molecule has 0 aliphatic heterocycles. The first-order valence-electron chi connectivity index (χ1n) is 7.28. The van der Waals surface area contributed by atoms with Gasteiger partial charge in [-0.3, -0.25) is 4.79 Å². The molecule has 0 N–H and O–H groups in total. The Balaban J connectivity index is 2.03. The van der Waals surface area contributed by atoms with E-state index in [2.05, 4.69) is 36.4 Å². The average molecular weight is 271 g/mol. The third kappa shape index (κ3) is 7.57. The molecule has 0 aromatic heterocycles. The fourth-order valence-electron chi connectivity index (χ4n) is 1.87. The third-order valence-electron chi connectivity index (χ3n) is 3.11. The van der Waals surface area contributed by atoms with Crippen molar-refractivity contribution < 1.29 is 4.79 Å². The number of rotatable bonds is 8. The van der Waals surface area contributed by atoms with Gasteiger partial charge in [0.25, 0.3) is 0 Å². The predicted octanol–water partition coefficient (Wildman–Crippen LogP) is 3.99. The van der Waals surface area contributed by atoms with E-state index in [0.29, 0.717) is 0 Å². The van der Waals surface area contributed by atoms with Crippen molar-refractivity contribution in [3.05, 3.63) is 60.2 Å². The number of allylic oxidation sites excluding steroid dienone is 3. The molecule has 108 valence electrons. The molecule has 0 saturated carbocycles. The van der Waals surface area contributed by atoms with Gasteiger partial charge >= 0.3 is 0 Å². The van der Waals surface area contributed by atoms with E-state index >= 15 is 0 Å². The van der Waals surface area contributed by atoms with Gasteiger partial charge in [-0.25, -0.2) is 0 Å². The van der Waals surface area contributed by atoms with Gasteiger partial charge in [-0.1, -0.05) is 55.0 Å². The van der Waals surface area contributed by atoms with Crippen LogP contribution < -0.4 is 0 Å². The number of carbonyl (C=O) groups excluding carboxylic acids is 1. The minimum atomic E-state index is 0.0255. The largest absolute Gasteiger partial charge is 0.345 e. The van der Waals surface area contributed by atoms with Crippen LogP contribution in [0.5, 0.6) is 0 Å². The van der Waals surface area contributed by atoms with Gasteiger partial charge in [0, 0.05) is 20.2 Å². The van der Waals surface area contributed by atoms with Crippen molar-refractivity contribution in [2.24, 2.45) is 0 Å². The zero-order valence-electron chi connectivity index (χ0n) is 12.6. The van der Waals surface area contributed by atoms with E-state index in [9.17, 15) is 4.79 Å². The summed E-state index contributed by atoms with van der Waals surface area (Å²) >= 11 is 0. The summed E-state index contributed by atoms with van der Waals surface area (Å²) in [6.45, 7) is 0. The lowest BCUT2D eigenvalue weighted by Crippen LogP contribution is -2.18. The summed E-state index contributed by atoms with van der Waals surface area (Å²) in [6.07, 6.45) is 13.4. The maximum atomic E-state index is 11.3. The van der Waals surface area contributed by atoms with E-state index in [1.165, 1.54) is 31.2 Å². The monoisotopic (exact) mass is 271 g/mol. The SMILES string of the molecule is CN(C)C(=O)/C=C/C=C/CCCCCc1ccccc1. The van der Waals surface area contributed by atoms with E-state index in [1.807, 2.05) is 12.2 Å². The highest BCUT2D eigenvalue weighted by Gasteiger charge is 1.94. The Morgan fingerprint density at radius 1 is 1.05 bits per heavy atom. The molecule has 0 aliphatic carbocycles. The highest BCUT2D eigenvalue weighted by atomic mass is 16.2. The summed E-state index contributed by atoms with van der Waals surface area (Å²) in [5.41, 5.74) is 1.42. The lowest BCUT2D eigenvalue weighted by Gasteiger charge is -2.04. The maximum Gasteiger partial charge on any atom is 0.246 e. The Kier molecular flexibility index (Phi) is 8.13. The van der Waals surface area contributed by atoms with E-state index in [-0.39, 0.29) is 5.91 Å². The fourth-order valence-corrected chi connectivity index (χ4v) is 1.87. The van der Waals surface area contributed by atoms with Crippen molar-refractivity contribution in [3.8, 4) is 0 Å². The highest BCUT2D eigenvalue weighted by Crippen LogP contribution is 2.07. The smallest absolute Gasteiger partial charge is 0.246 e. The number of hydrogen-bond donors (Lipinski definition) is 0. The molecule has 1 aromatic rings. The summed E-state index contributed by atoms with van der Waals surface area (Å²) in [6, 6.07) is 10.6. The van der Waals surface area contributed by atoms with Crippen LogP contribution in [0.1, 0.15) is 31.2 Å². The predicted molar refractivity (Wildman–Crippen MR) is 85.6 cm³/mol. The van der Waals surface area contributed by atoms with Gasteiger partial charge in [-0.2, -0.15) is 0 Å². The Morgan fingerprint density at radius 3 is 2.50 bits per heavy atom. The molecule has 0 spiro atoms. The normalized spacial score (nSPS) is 11.3. The number of aryl methyl sites for hydroxylation is 1. The van der Waals surface area contributed by atoms with Crippen LogP contribution in [0.2, 0.25) is 0 Å². The van der Waals surface area contributed by atoms with Crippen LogP contribution in [-0.2, 0) is 11.2 Å². The fraction of sp³-hybridized carbons (Fsp3) is 0.389. The molecular weight excluding hydrogens is 246 g/mol. The summed E-state index contributed by atoms with van der Waals surface area (Å²) in [5, 5.41) is 0. The standard InChI is InChI=1S/C18H25NO/c1-19(2)18(20)16-12-7-5-3-4-6-9-13-17-14-10-8-11-15-17/h5,7-8,10-12,14-16H,3-4,6,9,13H2,1-2H3/b7-5+,16-12+. The number of carbonyl (C=O) groups is 1. The van der Waals surface area contributed by atoms with Crippen molar-refractivity contribution in [2.45, 2.75) is 32.1 Å². The molecule has 0 radical (unpaired) electrons. The summed E-state index contributed by atoms with van der Waals surface area (Å²) in [4.78, 5) is 12.8. The second-order valence-corrected chi connectivity index (χ2v) is 5.10. The van der Waals surface area contributed by atoms with Gasteiger partial charge in [-0.05, 0) is 31.2 Å². The molecule has 2 nitrogen and oxygen atoms in total. The first-order valence-corrected chi connectivity index (χ1v) is 7.28. The van der Waals surface area contributed by atoms with Crippen LogP contribution in [0.4, 0.5) is 0 Å². The molecule has 0 unspecified atom stereocenters. The Morgan fingerprint density at radius 2 is 1.80 bits per heavy atom. The van der Waals surface area contributed by atoms with E-state index in [0.717, 1.165) is 6.42 Å². The highest BCUT2D eigenvalue weighted by molar-refractivity contribution is 5.87. The molecule has 1 aromatic carbocycles. The lowest BCUT2D eigenvalue weighted by atomic mass is 10.1. The Bertz CT molecular complexity index is 432. The van der Waals surface area contributed by atoms with E-state index in [4.69, 9.17) is 0 Å². The first-order chi connectivity index (χ1) is 9.70. The number of amides is 1. The molecule has 0 atom stereocenters. The second-order valence-electron chi connectivity index (χ2n) is 5.10. The van der Waals surface area contributed by atoms with Crippen molar-refractivity contribution >= 4 is 5.91 Å². The van der Waals surface area contributed by atoms with Crippen LogP contribution >= 0.6 is 0 Å². The minimum absolute atomic E-state index is 0.0255. The number of nitrogens with zero attached hydrogens (tertiary/aromatic N) is 1. The zero-order chi connectivity index (χ0) is 14.6. The number of hydrogen-bond acceptors (Lipinski definition) is 1. The number of unbranched alkanes of at least 4 members (excludes halogenated alkanes) is 3. The third-order valence-corrected chi connectivity index (χ3v) is 3.11. The van der Waals surface area contributed by atoms with E-state index in [1.54, 1.807) is 25.1 Å². The molecule has 0 bridgehead atoms. The molecule has 1 rings (SSSR count). The summed E-state index contributed by atoms with van der Waals surface area (Å²) in [5.74, 6) is 0.0255. The zero-order valence-corrected chi connectivity index (χ0v) is 12.6. The van der Waals surface area contributed by atoms with Crippen LogP contribution in [0.3, 0.4) is 0 Å². The Labute approximate surface area is 122 Å². The molecule has 0 aliphatic rings. The molecular formula is C18H25NO. The van der Waals surface area contributed by atoms with E-state index < -0.39 is 0 Å². The molecule has 1 amide bonds. The van der Waals surface area contributed by atoms with Gasteiger partial charge in [0.1, 0.15) is 0 Å². The van der Waals surface area contributed by atoms with Crippen molar-refractivity contribution in [2.75, 3.05) is 14.1 Å². The summed E-state index contributed by atoms with van der Waals surface area (Å²) in [7, 11) is 3.51. The minimum Gasteiger partial charge on any atom is -0.345 e. The number of benzene rings is 1. The summed E-state index contributed by atoms with van der Waals surface area (Å²) < 4.78 is 0. The first kappa shape index (κ1) is 16.2. The maximum absolute atomic E-state index is 11.3. The lowest BCUT2D eigenvalue weighted by molar-refractivity contribution is -0.123. The number of likely N-dealkylation sites (N-methyl/N-ethyl adjacent to an activating group) is 1. The van der Waals surface area contributed by atoms with Crippen molar-refractivity contribution in [1.29, 1.82) is 0 Å². The van der Waals surface area contributed by atoms with Gasteiger partial charge in [0.15, 0.2) is 0 Å². The average Bonchev–Trinajstić information content (AvgIpc) is 2.46. The Hall–Kier alpha value is -1.83. The second kappa shape index (κ2) is 10.0. The van der Waals surface area contributed by atoms with Gasteiger partial charge in [0.2, 0.25) is 5.91 Å². The quantitative estimate of drug-likeness (QED) is 0.398. The molecule has 0 heterocycles.